The third-order valence-corrected chi connectivity index (χ3v) is 1.44. The summed E-state index contributed by atoms with van der Waals surface area (Å²) in [6.07, 6.45) is -1.24. The average Bonchev–Trinajstić information content (AvgIpc) is 2.03. The standard InChI is InChI=1S/C7H15N3O3/c1-10(2)6(12)4-9-3-5(11)7(8)13/h5,9,11H,3-4H2,1-2H3,(H2,8,13). The van der Waals surface area contributed by atoms with Crippen LogP contribution in [0.1, 0.15) is 0 Å². The molecule has 6 heteroatoms. The van der Waals surface area contributed by atoms with Gasteiger partial charge in [-0.3, -0.25) is 9.59 Å². The van der Waals surface area contributed by atoms with Gasteiger partial charge in [0.1, 0.15) is 6.10 Å². The van der Waals surface area contributed by atoms with Crippen molar-refractivity contribution in [3.63, 3.8) is 0 Å². The molecule has 0 radical (unpaired) electrons. The van der Waals surface area contributed by atoms with E-state index in [1.54, 1.807) is 14.1 Å². The maximum atomic E-state index is 11.0. The fourth-order valence-electron chi connectivity index (χ4n) is 0.575. The van der Waals surface area contributed by atoms with Crippen molar-refractivity contribution >= 4 is 11.8 Å². The molecule has 0 aromatic heterocycles. The van der Waals surface area contributed by atoms with Crippen molar-refractivity contribution in [2.24, 2.45) is 5.73 Å². The molecule has 0 aliphatic heterocycles. The number of hydrogen-bond acceptors (Lipinski definition) is 4. The van der Waals surface area contributed by atoms with E-state index in [0.717, 1.165) is 0 Å². The Balaban J connectivity index is 3.56. The molecule has 0 bridgehead atoms. The minimum absolute atomic E-state index is 0.00505. The van der Waals surface area contributed by atoms with Crippen molar-refractivity contribution in [2.45, 2.75) is 6.10 Å². The molecule has 0 aliphatic rings. The zero-order valence-corrected chi connectivity index (χ0v) is 7.78. The Hall–Kier alpha value is -1.14. The van der Waals surface area contributed by atoms with Gasteiger partial charge in [0.15, 0.2) is 0 Å². The number of rotatable bonds is 5. The number of aliphatic hydroxyl groups is 1. The summed E-state index contributed by atoms with van der Waals surface area (Å²) in [6, 6.07) is 0. The van der Waals surface area contributed by atoms with E-state index in [1.807, 2.05) is 0 Å². The zero-order chi connectivity index (χ0) is 10.4. The molecule has 0 rings (SSSR count). The summed E-state index contributed by atoms with van der Waals surface area (Å²) < 4.78 is 0. The molecule has 0 saturated heterocycles. The molecule has 0 heterocycles. The number of likely N-dealkylation sites (N-methyl/N-ethyl adjacent to an activating group) is 1. The van der Waals surface area contributed by atoms with Gasteiger partial charge in [-0.05, 0) is 0 Å². The predicted molar refractivity (Wildman–Crippen MR) is 46.8 cm³/mol. The van der Waals surface area contributed by atoms with Crippen molar-refractivity contribution in [2.75, 3.05) is 27.2 Å². The van der Waals surface area contributed by atoms with E-state index in [-0.39, 0.29) is 19.0 Å². The van der Waals surface area contributed by atoms with Gasteiger partial charge in [0, 0.05) is 20.6 Å². The highest BCUT2D eigenvalue weighted by molar-refractivity contribution is 5.79. The van der Waals surface area contributed by atoms with Crippen molar-refractivity contribution in [1.29, 1.82) is 0 Å². The lowest BCUT2D eigenvalue weighted by Gasteiger charge is -2.12. The van der Waals surface area contributed by atoms with Gasteiger partial charge in [-0.25, -0.2) is 0 Å². The van der Waals surface area contributed by atoms with Crippen LogP contribution in [0.4, 0.5) is 0 Å². The van der Waals surface area contributed by atoms with Crippen LogP contribution < -0.4 is 11.1 Å². The maximum absolute atomic E-state index is 11.0. The summed E-state index contributed by atoms with van der Waals surface area (Å²) in [5, 5.41) is 11.5. The van der Waals surface area contributed by atoms with Crippen molar-refractivity contribution in [3.05, 3.63) is 0 Å². The number of nitrogens with zero attached hydrogens (tertiary/aromatic N) is 1. The normalized spacial score (nSPS) is 12.2. The Morgan fingerprint density at radius 2 is 2.08 bits per heavy atom. The van der Waals surface area contributed by atoms with Crippen LogP contribution in [0, 0.1) is 0 Å². The summed E-state index contributed by atoms with van der Waals surface area (Å²) in [5.74, 6) is -0.929. The summed E-state index contributed by atoms with van der Waals surface area (Å²) in [6.45, 7) is 0.0756. The highest BCUT2D eigenvalue weighted by Gasteiger charge is 2.10. The lowest BCUT2D eigenvalue weighted by Crippen LogP contribution is -2.41. The molecule has 0 aromatic carbocycles. The first kappa shape index (κ1) is 11.9. The molecular formula is C7H15N3O3. The van der Waals surface area contributed by atoms with Crippen LogP contribution in [0.25, 0.3) is 0 Å². The molecule has 1 atom stereocenters. The van der Waals surface area contributed by atoms with Gasteiger partial charge in [0.25, 0.3) is 0 Å². The van der Waals surface area contributed by atoms with Gasteiger partial charge in [0.2, 0.25) is 11.8 Å². The summed E-state index contributed by atoms with van der Waals surface area (Å²) in [5.41, 5.74) is 4.79. The second kappa shape index (κ2) is 5.50. The van der Waals surface area contributed by atoms with Crippen molar-refractivity contribution in [3.8, 4) is 0 Å². The SMILES string of the molecule is CN(C)C(=O)CNCC(O)C(N)=O. The molecule has 6 nitrogen and oxygen atoms in total. The van der Waals surface area contributed by atoms with Crippen molar-refractivity contribution in [1.82, 2.24) is 10.2 Å². The van der Waals surface area contributed by atoms with Crippen LogP contribution in [0.2, 0.25) is 0 Å². The van der Waals surface area contributed by atoms with Crippen LogP contribution in [0.5, 0.6) is 0 Å². The highest BCUT2D eigenvalue weighted by Crippen LogP contribution is 1.79. The molecule has 76 valence electrons. The largest absolute Gasteiger partial charge is 0.382 e. The van der Waals surface area contributed by atoms with Crippen LogP contribution in [0.3, 0.4) is 0 Å². The first-order chi connectivity index (χ1) is 5.95. The Kier molecular flexibility index (Phi) is 5.01. The first-order valence-electron chi connectivity index (χ1n) is 3.83. The second-order valence-electron chi connectivity index (χ2n) is 2.84. The topological polar surface area (TPSA) is 95.7 Å². The zero-order valence-electron chi connectivity index (χ0n) is 7.78. The number of primary amides is 1. The van der Waals surface area contributed by atoms with E-state index in [9.17, 15) is 9.59 Å². The minimum atomic E-state index is -1.24. The number of nitrogens with two attached hydrogens (primary N) is 1. The molecule has 0 spiro atoms. The highest BCUT2D eigenvalue weighted by atomic mass is 16.3. The molecular weight excluding hydrogens is 174 g/mol. The van der Waals surface area contributed by atoms with Gasteiger partial charge in [-0.15, -0.1) is 0 Å². The molecule has 4 N–H and O–H groups in total. The molecule has 13 heavy (non-hydrogen) atoms. The Morgan fingerprint density at radius 1 is 1.54 bits per heavy atom. The number of aliphatic hydroxyl groups excluding tert-OH is 1. The molecule has 0 fully saturated rings. The van der Waals surface area contributed by atoms with E-state index < -0.39 is 12.0 Å². The summed E-state index contributed by atoms with van der Waals surface area (Å²) in [4.78, 5) is 22.7. The Labute approximate surface area is 76.7 Å². The van der Waals surface area contributed by atoms with Crippen LogP contribution >= 0.6 is 0 Å². The minimum Gasteiger partial charge on any atom is -0.382 e. The van der Waals surface area contributed by atoms with Crippen LogP contribution in [-0.4, -0.2) is 55.1 Å². The number of carbonyl (C=O) groups excluding carboxylic acids is 2. The summed E-state index contributed by atoms with van der Waals surface area (Å²) in [7, 11) is 3.24. The molecule has 0 saturated carbocycles. The fraction of sp³-hybridized carbons (Fsp3) is 0.714. The second-order valence-corrected chi connectivity index (χ2v) is 2.84. The lowest BCUT2D eigenvalue weighted by molar-refractivity contribution is -0.129. The smallest absolute Gasteiger partial charge is 0.247 e. The predicted octanol–water partition coefficient (Wildman–Crippen LogP) is -2.49. The van der Waals surface area contributed by atoms with Crippen molar-refractivity contribution < 1.29 is 14.7 Å². The van der Waals surface area contributed by atoms with Crippen LogP contribution in [-0.2, 0) is 9.59 Å². The van der Waals surface area contributed by atoms with Gasteiger partial charge >= 0.3 is 0 Å². The monoisotopic (exact) mass is 189 g/mol. The molecule has 0 aromatic rings. The van der Waals surface area contributed by atoms with Gasteiger partial charge in [-0.2, -0.15) is 0 Å². The van der Waals surface area contributed by atoms with E-state index >= 15 is 0 Å². The van der Waals surface area contributed by atoms with Crippen LogP contribution in [0.15, 0.2) is 0 Å². The number of hydrogen-bond donors (Lipinski definition) is 3. The van der Waals surface area contributed by atoms with Gasteiger partial charge in [-0.1, -0.05) is 0 Å². The van der Waals surface area contributed by atoms with E-state index in [2.05, 4.69) is 5.32 Å². The third-order valence-electron chi connectivity index (χ3n) is 1.44. The van der Waals surface area contributed by atoms with Gasteiger partial charge < -0.3 is 21.1 Å². The van der Waals surface area contributed by atoms with E-state index in [1.165, 1.54) is 4.90 Å². The van der Waals surface area contributed by atoms with E-state index in [0.29, 0.717) is 0 Å². The fourth-order valence-corrected chi connectivity index (χ4v) is 0.575. The maximum Gasteiger partial charge on any atom is 0.247 e. The molecule has 2 amide bonds. The van der Waals surface area contributed by atoms with E-state index in [4.69, 9.17) is 10.8 Å². The lowest BCUT2D eigenvalue weighted by atomic mass is 10.3. The number of carbonyl (C=O) groups is 2. The third kappa shape index (κ3) is 5.15. The van der Waals surface area contributed by atoms with Gasteiger partial charge in [0.05, 0.1) is 6.54 Å². The Bertz CT molecular complexity index is 193. The average molecular weight is 189 g/mol. The Morgan fingerprint density at radius 3 is 2.46 bits per heavy atom. The molecule has 1 unspecified atom stereocenters. The number of nitrogens with one attached hydrogen (secondary N) is 1. The number of amides is 2. The molecule has 0 aliphatic carbocycles. The first-order valence-corrected chi connectivity index (χ1v) is 3.83. The quantitative estimate of drug-likeness (QED) is 0.446. The summed E-state index contributed by atoms with van der Waals surface area (Å²) >= 11 is 0.